The van der Waals surface area contributed by atoms with Crippen LogP contribution in [-0.4, -0.2) is 21.0 Å². The first kappa shape index (κ1) is 25.7. The van der Waals surface area contributed by atoms with Crippen LogP contribution >= 0.6 is 0 Å². The third-order valence-corrected chi connectivity index (χ3v) is 7.13. The number of aromatic nitrogens is 2. The van der Waals surface area contributed by atoms with E-state index in [2.05, 4.69) is 4.98 Å². The Morgan fingerprint density at radius 2 is 1.55 bits per heavy atom. The maximum absolute atomic E-state index is 14.7. The molecule has 0 aliphatic carbocycles. The van der Waals surface area contributed by atoms with E-state index in [-0.39, 0.29) is 23.6 Å². The van der Waals surface area contributed by atoms with Crippen LogP contribution in [0.3, 0.4) is 0 Å². The van der Waals surface area contributed by atoms with Gasteiger partial charge in [-0.3, -0.25) is 14.3 Å². The first-order valence-corrected chi connectivity index (χ1v) is 12.3. The molecule has 0 amide bonds. The van der Waals surface area contributed by atoms with E-state index >= 15 is 0 Å². The summed E-state index contributed by atoms with van der Waals surface area (Å²) in [5.41, 5.74) is 7.93. The Balaban J connectivity index is 1.53. The van der Waals surface area contributed by atoms with Crippen LogP contribution in [0.5, 0.6) is 0 Å². The van der Waals surface area contributed by atoms with Crippen molar-refractivity contribution in [3.63, 3.8) is 0 Å². The molecule has 1 unspecified atom stereocenters. The van der Waals surface area contributed by atoms with Crippen molar-refractivity contribution < 1.29 is 17.6 Å². The summed E-state index contributed by atoms with van der Waals surface area (Å²) >= 11 is 0. The van der Waals surface area contributed by atoms with Gasteiger partial charge in [0.2, 0.25) is 5.95 Å². The second-order valence-electron chi connectivity index (χ2n) is 9.42. The van der Waals surface area contributed by atoms with Crippen LogP contribution in [0.25, 0.3) is 0 Å². The zero-order valence-electron chi connectivity index (χ0n) is 20.6. The van der Waals surface area contributed by atoms with Gasteiger partial charge in [-0.05, 0) is 30.2 Å². The fourth-order valence-electron chi connectivity index (χ4n) is 5.11. The fraction of sp³-hybridized carbons (Fsp3) is 0.241. The van der Waals surface area contributed by atoms with Crippen molar-refractivity contribution in [3.05, 3.63) is 129 Å². The molecular formula is C29H26F4N4O. The number of halogens is 4. The normalized spacial score (nSPS) is 14.9. The van der Waals surface area contributed by atoms with Gasteiger partial charge in [-0.15, -0.1) is 0 Å². The van der Waals surface area contributed by atoms with E-state index in [1.807, 2.05) is 65.6 Å². The van der Waals surface area contributed by atoms with Crippen molar-refractivity contribution in [2.24, 2.45) is 0 Å². The quantitative estimate of drug-likeness (QED) is 0.340. The molecule has 1 aromatic heterocycles. The van der Waals surface area contributed by atoms with E-state index < -0.39 is 29.6 Å². The number of nitrogens with zero attached hydrogens (tertiary/aromatic N) is 3. The van der Waals surface area contributed by atoms with Crippen molar-refractivity contribution in [2.75, 3.05) is 12.3 Å². The molecule has 2 heterocycles. The van der Waals surface area contributed by atoms with E-state index in [0.717, 1.165) is 17.2 Å². The maximum Gasteiger partial charge on any atom is 0.416 e. The number of nitrogen functional groups attached to an aromatic ring is 1. The van der Waals surface area contributed by atoms with Gasteiger partial charge in [0.15, 0.2) is 0 Å². The van der Waals surface area contributed by atoms with Crippen LogP contribution in [0.2, 0.25) is 0 Å². The Hall–Kier alpha value is -3.98. The average Bonchev–Trinajstić information content (AvgIpc) is 2.91. The third-order valence-electron chi connectivity index (χ3n) is 7.13. The molecule has 0 fully saturated rings. The molecule has 0 spiro atoms. The number of hydrogen-bond acceptors (Lipinski definition) is 4. The Morgan fingerprint density at radius 1 is 0.947 bits per heavy atom. The predicted octanol–water partition coefficient (Wildman–Crippen LogP) is 5.74. The summed E-state index contributed by atoms with van der Waals surface area (Å²) < 4.78 is 55.3. The van der Waals surface area contributed by atoms with Crippen LogP contribution in [0.4, 0.5) is 23.5 Å². The predicted molar refractivity (Wildman–Crippen MR) is 137 cm³/mol. The molecule has 0 saturated carbocycles. The third kappa shape index (κ3) is 4.81. The van der Waals surface area contributed by atoms with E-state index in [0.29, 0.717) is 30.3 Å². The van der Waals surface area contributed by atoms with Gasteiger partial charge >= 0.3 is 6.18 Å². The van der Waals surface area contributed by atoms with Crippen molar-refractivity contribution >= 4 is 5.95 Å². The van der Waals surface area contributed by atoms with E-state index in [9.17, 15) is 22.4 Å². The Morgan fingerprint density at radius 3 is 2.11 bits per heavy atom. The van der Waals surface area contributed by atoms with Gasteiger partial charge in [0.25, 0.3) is 5.56 Å². The smallest absolute Gasteiger partial charge is 0.369 e. The topological polar surface area (TPSA) is 64.2 Å². The highest BCUT2D eigenvalue weighted by molar-refractivity contribution is 5.39. The Labute approximate surface area is 217 Å². The standard InChI is InChI=1S/C29H26F4N4O/c1-18(22-13-12-21(16-24(22)30)29(31,32)33)36-15-14-25-23(17-36)27(38)37(28(34)35-25)26(19-8-4-2-5-9-19)20-10-6-3-7-11-20/h2-13,16,18,26H,14-15,17H2,1H3,(H2,34,35). The van der Waals surface area contributed by atoms with Crippen molar-refractivity contribution in [3.8, 4) is 0 Å². The van der Waals surface area contributed by atoms with Crippen molar-refractivity contribution in [1.29, 1.82) is 0 Å². The Kier molecular flexibility index (Phi) is 6.79. The summed E-state index contributed by atoms with van der Waals surface area (Å²) in [6.07, 6.45) is -4.22. The van der Waals surface area contributed by atoms with E-state index in [1.54, 1.807) is 6.92 Å². The average molecular weight is 523 g/mol. The maximum atomic E-state index is 14.7. The lowest BCUT2D eigenvalue weighted by Gasteiger charge is -2.34. The number of benzene rings is 3. The summed E-state index contributed by atoms with van der Waals surface area (Å²) in [6.45, 7) is 2.33. The largest absolute Gasteiger partial charge is 0.416 e. The lowest BCUT2D eigenvalue weighted by molar-refractivity contribution is -0.137. The Bertz CT molecular complexity index is 1460. The minimum atomic E-state index is -4.63. The van der Waals surface area contributed by atoms with Crippen LogP contribution < -0.4 is 11.3 Å². The number of alkyl halides is 3. The fourth-order valence-corrected chi connectivity index (χ4v) is 5.11. The van der Waals surface area contributed by atoms with Gasteiger partial charge in [-0.1, -0.05) is 66.7 Å². The number of nitrogens with two attached hydrogens (primary N) is 1. The number of hydrogen-bond donors (Lipinski definition) is 1. The molecular weight excluding hydrogens is 496 g/mol. The first-order valence-electron chi connectivity index (χ1n) is 12.3. The number of rotatable bonds is 5. The van der Waals surface area contributed by atoms with Crippen molar-refractivity contribution in [2.45, 2.75) is 38.1 Å². The molecule has 4 aromatic rings. The van der Waals surface area contributed by atoms with Crippen LogP contribution in [-0.2, 0) is 19.1 Å². The zero-order valence-corrected chi connectivity index (χ0v) is 20.6. The van der Waals surface area contributed by atoms with Crippen molar-refractivity contribution in [1.82, 2.24) is 14.5 Å². The van der Waals surface area contributed by atoms with Crippen LogP contribution in [0.15, 0.2) is 83.7 Å². The summed E-state index contributed by atoms with van der Waals surface area (Å²) in [4.78, 5) is 20.4. The van der Waals surface area contributed by atoms with Gasteiger partial charge in [-0.2, -0.15) is 13.2 Å². The SMILES string of the molecule is CC(c1ccc(C(F)(F)F)cc1F)N1CCc2nc(N)n(C(c3ccccc3)c3ccccc3)c(=O)c2C1. The second kappa shape index (κ2) is 10.1. The van der Waals surface area contributed by atoms with Gasteiger partial charge < -0.3 is 5.73 Å². The van der Waals surface area contributed by atoms with Gasteiger partial charge in [0, 0.05) is 31.1 Å². The second-order valence-corrected chi connectivity index (χ2v) is 9.42. The monoisotopic (exact) mass is 522 g/mol. The molecule has 196 valence electrons. The zero-order chi connectivity index (χ0) is 27.0. The molecule has 2 N–H and O–H groups in total. The minimum absolute atomic E-state index is 0.0988. The highest BCUT2D eigenvalue weighted by Crippen LogP contribution is 2.34. The van der Waals surface area contributed by atoms with Gasteiger partial charge in [0.1, 0.15) is 5.82 Å². The minimum Gasteiger partial charge on any atom is -0.369 e. The number of anilines is 1. The van der Waals surface area contributed by atoms with E-state index in [1.165, 1.54) is 10.6 Å². The number of fused-ring (bicyclic) bond motifs is 1. The molecule has 1 atom stereocenters. The summed E-state index contributed by atoms with van der Waals surface area (Å²) in [7, 11) is 0. The molecule has 0 bridgehead atoms. The van der Waals surface area contributed by atoms with E-state index in [4.69, 9.17) is 5.73 Å². The summed E-state index contributed by atoms with van der Waals surface area (Å²) in [5.74, 6) is -0.832. The lowest BCUT2D eigenvalue weighted by Crippen LogP contribution is -2.41. The highest BCUT2D eigenvalue weighted by Gasteiger charge is 2.33. The lowest BCUT2D eigenvalue weighted by atomic mass is 9.97. The molecule has 1 aliphatic rings. The molecule has 38 heavy (non-hydrogen) atoms. The molecule has 5 nitrogen and oxygen atoms in total. The van der Waals surface area contributed by atoms with Gasteiger partial charge in [0.05, 0.1) is 22.9 Å². The summed E-state index contributed by atoms with van der Waals surface area (Å²) in [6, 6.07) is 20.5. The molecule has 5 rings (SSSR count). The van der Waals surface area contributed by atoms with Crippen LogP contribution in [0.1, 0.15) is 52.5 Å². The molecule has 0 saturated heterocycles. The first-order chi connectivity index (χ1) is 18.1. The summed E-state index contributed by atoms with van der Waals surface area (Å²) in [5, 5.41) is 0. The highest BCUT2D eigenvalue weighted by atomic mass is 19.4. The molecule has 3 aromatic carbocycles. The molecule has 1 aliphatic heterocycles. The van der Waals surface area contributed by atoms with Crippen LogP contribution in [0, 0.1) is 5.82 Å². The molecule has 9 heteroatoms. The molecule has 0 radical (unpaired) electrons. The van der Waals surface area contributed by atoms with Gasteiger partial charge in [-0.25, -0.2) is 9.37 Å².